The Balaban J connectivity index is 1.71. The Labute approximate surface area is 119 Å². The molecule has 3 heterocycles. The van der Waals surface area contributed by atoms with Crippen molar-refractivity contribution in [3.8, 4) is 0 Å². The summed E-state index contributed by atoms with van der Waals surface area (Å²) < 4.78 is 2.00. The van der Waals surface area contributed by atoms with Gasteiger partial charge in [0.05, 0.1) is 0 Å². The van der Waals surface area contributed by atoms with Gasteiger partial charge >= 0.3 is 0 Å². The van der Waals surface area contributed by atoms with Gasteiger partial charge in [-0.05, 0) is 19.1 Å². The topological polar surface area (TPSA) is 55.1 Å². The van der Waals surface area contributed by atoms with E-state index in [1.54, 1.807) is 23.1 Å². The van der Waals surface area contributed by atoms with Crippen molar-refractivity contribution in [2.75, 3.05) is 11.9 Å². The molecular formula is C12H13N5S2. The quantitative estimate of drug-likeness (QED) is 0.733. The highest BCUT2D eigenvalue weighted by Crippen LogP contribution is 2.26. The molecule has 0 amide bonds. The summed E-state index contributed by atoms with van der Waals surface area (Å²) in [5, 5.41) is 13.4. The highest BCUT2D eigenvalue weighted by molar-refractivity contribution is 7.98. The maximum Gasteiger partial charge on any atom is 0.195 e. The fourth-order valence-electron chi connectivity index (χ4n) is 1.66. The van der Waals surface area contributed by atoms with Gasteiger partial charge in [0, 0.05) is 29.6 Å². The molecule has 0 aliphatic heterocycles. The van der Waals surface area contributed by atoms with E-state index in [9.17, 15) is 0 Å². The van der Waals surface area contributed by atoms with Gasteiger partial charge in [0.15, 0.2) is 15.9 Å². The third-order valence-corrected chi connectivity index (χ3v) is 4.64. The van der Waals surface area contributed by atoms with Crippen LogP contribution >= 0.6 is 23.1 Å². The lowest BCUT2D eigenvalue weighted by atomic mass is 10.5. The molecule has 3 rings (SSSR count). The van der Waals surface area contributed by atoms with Gasteiger partial charge in [-0.3, -0.25) is 4.40 Å². The van der Waals surface area contributed by atoms with Crippen molar-refractivity contribution in [3.05, 3.63) is 35.5 Å². The Bertz CT molecular complexity index is 675. The van der Waals surface area contributed by atoms with E-state index in [1.807, 2.05) is 35.0 Å². The molecule has 0 unspecified atom stereocenters. The van der Waals surface area contributed by atoms with Crippen LogP contribution < -0.4 is 5.32 Å². The molecule has 0 spiro atoms. The number of anilines is 1. The number of nitrogens with one attached hydrogen (secondary N) is 1. The smallest absolute Gasteiger partial charge is 0.195 e. The van der Waals surface area contributed by atoms with E-state index in [-0.39, 0.29) is 0 Å². The standard InChI is InChI=1S/C12H13N5S2/c1-2-13-11-14-7-9(19-11)8-18-12-16-15-10-5-3-4-6-17(10)12/h3-7H,2,8H2,1H3,(H,13,14). The van der Waals surface area contributed by atoms with Crippen LogP contribution in [0.5, 0.6) is 0 Å². The largest absolute Gasteiger partial charge is 0.362 e. The summed E-state index contributed by atoms with van der Waals surface area (Å²) >= 11 is 3.36. The Morgan fingerprint density at radius 1 is 1.37 bits per heavy atom. The lowest BCUT2D eigenvalue weighted by Crippen LogP contribution is -1.94. The van der Waals surface area contributed by atoms with Crippen LogP contribution in [-0.2, 0) is 5.75 Å². The predicted molar refractivity (Wildman–Crippen MR) is 78.8 cm³/mol. The first-order valence-corrected chi connectivity index (χ1v) is 7.78. The molecule has 3 aromatic heterocycles. The first-order valence-electron chi connectivity index (χ1n) is 5.98. The number of thiazole rings is 1. The second-order valence-corrected chi connectivity index (χ2v) is 5.92. The minimum atomic E-state index is 0.860. The summed E-state index contributed by atoms with van der Waals surface area (Å²) in [5.74, 6) is 0.860. The monoisotopic (exact) mass is 291 g/mol. The summed E-state index contributed by atoms with van der Waals surface area (Å²) in [5.41, 5.74) is 0.877. The molecule has 0 saturated heterocycles. The van der Waals surface area contributed by atoms with E-state index in [1.165, 1.54) is 4.88 Å². The number of nitrogens with zero attached hydrogens (tertiary/aromatic N) is 4. The second-order valence-electron chi connectivity index (χ2n) is 3.86. The molecule has 98 valence electrons. The molecule has 0 atom stereocenters. The minimum absolute atomic E-state index is 0.860. The van der Waals surface area contributed by atoms with Gasteiger partial charge in [0.2, 0.25) is 0 Å². The Kier molecular flexibility index (Phi) is 3.65. The number of pyridine rings is 1. The molecule has 0 aromatic carbocycles. The van der Waals surface area contributed by atoms with Crippen molar-refractivity contribution < 1.29 is 0 Å². The zero-order valence-corrected chi connectivity index (χ0v) is 12.0. The zero-order chi connectivity index (χ0) is 13.1. The molecule has 0 fully saturated rings. The van der Waals surface area contributed by atoms with Crippen molar-refractivity contribution in [1.82, 2.24) is 19.6 Å². The van der Waals surface area contributed by atoms with Crippen LogP contribution in [0.2, 0.25) is 0 Å². The maximum atomic E-state index is 4.32. The van der Waals surface area contributed by atoms with Gasteiger partial charge in [0.1, 0.15) is 0 Å². The average Bonchev–Trinajstić information content (AvgIpc) is 3.04. The van der Waals surface area contributed by atoms with Crippen molar-refractivity contribution in [1.29, 1.82) is 0 Å². The summed E-state index contributed by atoms with van der Waals surface area (Å²) in [6.07, 6.45) is 3.90. The number of thioether (sulfide) groups is 1. The Morgan fingerprint density at radius 3 is 3.21 bits per heavy atom. The van der Waals surface area contributed by atoms with Crippen LogP contribution in [0.3, 0.4) is 0 Å². The van der Waals surface area contributed by atoms with Crippen LogP contribution in [0.15, 0.2) is 35.7 Å². The zero-order valence-electron chi connectivity index (χ0n) is 10.4. The van der Waals surface area contributed by atoms with E-state index in [0.717, 1.165) is 28.2 Å². The van der Waals surface area contributed by atoms with Crippen LogP contribution in [0.4, 0.5) is 5.13 Å². The summed E-state index contributed by atoms with van der Waals surface area (Å²) in [6.45, 7) is 2.97. The van der Waals surface area contributed by atoms with Crippen molar-refractivity contribution in [2.24, 2.45) is 0 Å². The molecular weight excluding hydrogens is 278 g/mol. The van der Waals surface area contributed by atoms with Gasteiger partial charge in [-0.2, -0.15) is 0 Å². The summed E-state index contributed by atoms with van der Waals surface area (Å²) in [6, 6.07) is 5.90. The minimum Gasteiger partial charge on any atom is -0.362 e. The van der Waals surface area contributed by atoms with E-state index in [0.29, 0.717) is 0 Å². The fourth-order valence-corrected chi connectivity index (χ4v) is 3.49. The van der Waals surface area contributed by atoms with Gasteiger partial charge < -0.3 is 5.32 Å². The lowest BCUT2D eigenvalue weighted by molar-refractivity contribution is 0.921. The molecule has 5 nitrogen and oxygen atoms in total. The van der Waals surface area contributed by atoms with Gasteiger partial charge in [-0.15, -0.1) is 21.5 Å². The predicted octanol–water partition coefficient (Wildman–Crippen LogP) is 2.91. The SMILES string of the molecule is CCNc1ncc(CSc2nnc3ccccn23)s1. The molecule has 19 heavy (non-hydrogen) atoms. The second kappa shape index (κ2) is 5.58. The van der Waals surface area contributed by atoms with Crippen LogP contribution in [0.25, 0.3) is 5.65 Å². The van der Waals surface area contributed by atoms with E-state index < -0.39 is 0 Å². The van der Waals surface area contributed by atoms with Gasteiger partial charge in [0.25, 0.3) is 0 Å². The molecule has 0 saturated carbocycles. The first-order chi connectivity index (χ1) is 9.36. The Hall–Kier alpha value is -1.60. The third kappa shape index (κ3) is 2.71. The Morgan fingerprint density at radius 2 is 2.32 bits per heavy atom. The van der Waals surface area contributed by atoms with E-state index in [4.69, 9.17) is 0 Å². The molecule has 7 heteroatoms. The van der Waals surface area contributed by atoms with E-state index in [2.05, 4.69) is 27.4 Å². The number of hydrogen-bond acceptors (Lipinski definition) is 6. The van der Waals surface area contributed by atoms with Crippen molar-refractivity contribution >= 4 is 33.9 Å². The third-order valence-electron chi connectivity index (χ3n) is 2.51. The van der Waals surface area contributed by atoms with Gasteiger partial charge in [-0.1, -0.05) is 17.8 Å². The summed E-state index contributed by atoms with van der Waals surface area (Å²) in [4.78, 5) is 5.55. The molecule has 0 bridgehead atoms. The first kappa shape index (κ1) is 12.4. The van der Waals surface area contributed by atoms with E-state index >= 15 is 0 Å². The normalized spacial score (nSPS) is 11.0. The molecule has 0 aliphatic carbocycles. The van der Waals surface area contributed by atoms with Crippen molar-refractivity contribution in [3.63, 3.8) is 0 Å². The number of rotatable bonds is 5. The highest BCUT2D eigenvalue weighted by Gasteiger charge is 2.07. The number of fused-ring (bicyclic) bond motifs is 1. The number of hydrogen-bond donors (Lipinski definition) is 1. The van der Waals surface area contributed by atoms with Crippen LogP contribution in [0.1, 0.15) is 11.8 Å². The summed E-state index contributed by atoms with van der Waals surface area (Å²) in [7, 11) is 0. The highest BCUT2D eigenvalue weighted by atomic mass is 32.2. The molecule has 1 N–H and O–H groups in total. The van der Waals surface area contributed by atoms with Crippen LogP contribution in [0, 0.1) is 0 Å². The molecule has 0 radical (unpaired) electrons. The molecule has 3 aromatic rings. The van der Waals surface area contributed by atoms with Gasteiger partial charge in [-0.25, -0.2) is 4.98 Å². The number of aromatic nitrogens is 4. The maximum absolute atomic E-state index is 4.32. The average molecular weight is 291 g/mol. The fraction of sp³-hybridized carbons (Fsp3) is 0.250. The van der Waals surface area contributed by atoms with Crippen molar-refractivity contribution in [2.45, 2.75) is 17.8 Å². The van der Waals surface area contributed by atoms with Crippen LogP contribution in [-0.4, -0.2) is 26.1 Å². The lowest BCUT2D eigenvalue weighted by Gasteiger charge is -1.97. The molecule has 0 aliphatic rings.